The van der Waals surface area contributed by atoms with Crippen LogP contribution in [0.3, 0.4) is 0 Å². The highest BCUT2D eigenvalue weighted by Crippen LogP contribution is 2.37. The SMILES string of the molecule is NS(=O)(=O)CCNC(=O)NCC1(C(=O)O)CCCC1. The van der Waals surface area contributed by atoms with Gasteiger partial charge < -0.3 is 15.7 Å². The Bertz CT molecular complexity index is 442. The number of carboxylic acids is 1. The number of carbonyl (C=O) groups excluding carboxylic acids is 1. The molecule has 0 atom stereocenters. The van der Waals surface area contributed by atoms with Gasteiger partial charge in [0.2, 0.25) is 10.0 Å². The van der Waals surface area contributed by atoms with E-state index in [1.165, 1.54) is 0 Å². The van der Waals surface area contributed by atoms with Crippen LogP contribution in [0.1, 0.15) is 25.7 Å². The molecule has 1 aliphatic rings. The molecule has 0 unspecified atom stereocenters. The van der Waals surface area contributed by atoms with Crippen molar-refractivity contribution in [1.82, 2.24) is 10.6 Å². The summed E-state index contributed by atoms with van der Waals surface area (Å²) in [5.41, 5.74) is -0.892. The number of urea groups is 1. The first kappa shape index (κ1) is 15.7. The molecule has 1 saturated carbocycles. The fraction of sp³-hybridized carbons (Fsp3) is 0.800. The van der Waals surface area contributed by atoms with Crippen LogP contribution in [-0.4, -0.2) is 44.4 Å². The molecular weight excluding hydrogens is 274 g/mol. The van der Waals surface area contributed by atoms with Gasteiger partial charge in [0.05, 0.1) is 11.2 Å². The van der Waals surface area contributed by atoms with Crippen molar-refractivity contribution in [3.05, 3.63) is 0 Å². The molecule has 0 bridgehead atoms. The molecule has 1 rings (SSSR count). The standard InChI is InChI=1S/C10H19N3O5S/c11-19(17,18)6-5-12-9(16)13-7-10(8(14)15)3-1-2-4-10/h1-7H2,(H,14,15)(H2,11,17,18)(H2,12,13,16). The van der Waals surface area contributed by atoms with E-state index in [-0.39, 0.29) is 18.8 Å². The van der Waals surface area contributed by atoms with Crippen molar-refractivity contribution in [2.75, 3.05) is 18.8 Å². The number of nitrogens with one attached hydrogen (secondary N) is 2. The van der Waals surface area contributed by atoms with Crippen LogP contribution in [0.15, 0.2) is 0 Å². The van der Waals surface area contributed by atoms with Gasteiger partial charge in [-0.05, 0) is 12.8 Å². The van der Waals surface area contributed by atoms with Crippen LogP contribution in [-0.2, 0) is 14.8 Å². The zero-order chi connectivity index (χ0) is 14.5. The molecule has 0 spiro atoms. The molecule has 1 fully saturated rings. The zero-order valence-corrected chi connectivity index (χ0v) is 11.3. The minimum absolute atomic E-state index is 0.0452. The Labute approximate surface area is 111 Å². The van der Waals surface area contributed by atoms with Gasteiger partial charge in [-0.15, -0.1) is 0 Å². The first-order chi connectivity index (χ1) is 8.75. The molecule has 0 heterocycles. The summed E-state index contributed by atoms with van der Waals surface area (Å²) in [7, 11) is -3.61. The van der Waals surface area contributed by atoms with E-state index >= 15 is 0 Å². The number of amides is 2. The van der Waals surface area contributed by atoms with Gasteiger partial charge >= 0.3 is 12.0 Å². The van der Waals surface area contributed by atoms with Crippen molar-refractivity contribution < 1.29 is 23.1 Å². The number of aliphatic carboxylic acids is 1. The van der Waals surface area contributed by atoms with Crippen LogP contribution >= 0.6 is 0 Å². The first-order valence-corrected chi connectivity index (χ1v) is 7.72. The Kier molecular flexibility index (Phi) is 5.12. The Hall–Kier alpha value is -1.35. The molecular formula is C10H19N3O5S. The highest BCUT2D eigenvalue weighted by Gasteiger charge is 2.41. The molecule has 0 aromatic rings. The second-order valence-electron chi connectivity index (χ2n) is 4.77. The maximum atomic E-state index is 11.4. The summed E-state index contributed by atoms with van der Waals surface area (Å²) in [4.78, 5) is 22.6. The minimum atomic E-state index is -3.61. The van der Waals surface area contributed by atoms with Gasteiger partial charge in [-0.3, -0.25) is 4.79 Å². The molecule has 5 N–H and O–H groups in total. The maximum absolute atomic E-state index is 11.4. The normalized spacial score (nSPS) is 17.9. The van der Waals surface area contributed by atoms with Crippen LogP contribution < -0.4 is 15.8 Å². The average molecular weight is 293 g/mol. The van der Waals surface area contributed by atoms with Crippen molar-refractivity contribution in [3.63, 3.8) is 0 Å². The van der Waals surface area contributed by atoms with Gasteiger partial charge in [-0.2, -0.15) is 0 Å². The number of carboxylic acid groups (broad SMARTS) is 1. The number of carbonyl (C=O) groups is 2. The second-order valence-corrected chi connectivity index (χ2v) is 6.50. The molecule has 0 aromatic heterocycles. The van der Waals surface area contributed by atoms with Gasteiger partial charge in [0.25, 0.3) is 0 Å². The first-order valence-electron chi connectivity index (χ1n) is 6.01. The van der Waals surface area contributed by atoms with Crippen LogP contribution in [0.2, 0.25) is 0 Å². The average Bonchev–Trinajstić information content (AvgIpc) is 2.74. The molecule has 0 aliphatic heterocycles. The van der Waals surface area contributed by atoms with Crippen LogP contribution in [0.4, 0.5) is 4.79 Å². The summed E-state index contributed by atoms with van der Waals surface area (Å²) in [6, 6.07) is -0.587. The van der Waals surface area contributed by atoms with Gasteiger partial charge in [0.1, 0.15) is 0 Å². The molecule has 1 aliphatic carbocycles. The van der Waals surface area contributed by atoms with Crippen LogP contribution in [0, 0.1) is 5.41 Å². The molecule has 0 radical (unpaired) electrons. The third-order valence-electron chi connectivity index (χ3n) is 3.27. The van der Waals surface area contributed by atoms with Gasteiger partial charge in [-0.1, -0.05) is 12.8 Å². The molecule has 110 valence electrons. The van der Waals surface area contributed by atoms with Crippen molar-refractivity contribution >= 4 is 22.0 Å². The molecule has 9 heteroatoms. The monoisotopic (exact) mass is 293 g/mol. The van der Waals surface area contributed by atoms with E-state index in [0.717, 1.165) is 12.8 Å². The molecule has 8 nitrogen and oxygen atoms in total. The van der Waals surface area contributed by atoms with E-state index in [9.17, 15) is 23.1 Å². The predicted octanol–water partition coefficient (Wildman–Crippen LogP) is -0.781. The molecule has 19 heavy (non-hydrogen) atoms. The summed E-state index contributed by atoms with van der Waals surface area (Å²) < 4.78 is 21.3. The Balaban J connectivity index is 2.35. The Morgan fingerprint density at radius 1 is 1.21 bits per heavy atom. The topological polar surface area (TPSA) is 139 Å². The Morgan fingerprint density at radius 2 is 1.79 bits per heavy atom. The summed E-state index contributed by atoms with van der Waals surface area (Å²) in [5.74, 6) is -1.26. The minimum Gasteiger partial charge on any atom is -0.481 e. The summed E-state index contributed by atoms with van der Waals surface area (Å²) in [6.45, 7) is -0.0612. The van der Waals surface area contributed by atoms with E-state index < -0.39 is 27.4 Å². The van der Waals surface area contributed by atoms with Gasteiger partial charge in [0, 0.05) is 13.1 Å². The van der Waals surface area contributed by atoms with Crippen LogP contribution in [0.5, 0.6) is 0 Å². The smallest absolute Gasteiger partial charge is 0.314 e. The number of rotatable bonds is 6. The van der Waals surface area contributed by atoms with Crippen molar-refractivity contribution in [3.8, 4) is 0 Å². The van der Waals surface area contributed by atoms with E-state index in [1.54, 1.807) is 0 Å². The summed E-state index contributed by atoms with van der Waals surface area (Å²) >= 11 is 0. The second kappa shape index (κ2) is 6.20. The quantitative estimate of drug-likeness (QED) is 0.509. The highest BCUT2D eigenvalue weighted by atomic mass is 32.2. The maximum Gasteiger partial charge on any atom is 0.314 e. The highest BCUT2D eigenvalue weighted by molar-refractivity contribution is 7.89. The van der Waals surface area contributed by atoms with Gasteiger partial charge in [-0.25, -0.2) is 18.4 Å². The van der Waals surface area contributed by atoms with E-state index in [2.05, 4.69) is 10.6 Å². The van der Waals surface area contributed by atoms with Gasteiger partial charge in [0.15, 0.2) is 0 Å². The fourth-order valence-electron chi connectivity index (χ4n) is 2.14. The number of sulfonamides is 1. The number of nitrogens with two attached hydrogens (primary N) is 1. The fourth-order valence-corrected chi connectivity index (χ4v) is 2.52. The lowest BCUT2D eigenvalue weighted by atomic mass is 9.86. The summed E-state index contributed by atoms with van der Waals surface area (Å²) in [5, 5.41) is 18.8. The van der Waals surface area contributed by atoms with Crippen molar-refractivity contribution in [2.24, 2.45) is 10.6 Å². The van der Waals surface area contributed by atoms with E-state index in [1.807, 2.05) is 0 Å². The Morgan fingerprint density at radius 3 is 2.26 bits per heavy atom. The van der Waals surface area contributed by atoms with E-state index in [4.69, 9.17) is 5.14 Å². The lowest BCUT2D eigenvalue weighted by molar-refractivity contribution is -0.148. The largest absolute Gasteiger partial charge is 0.481 e. The van der Waals surface area contributed by atoms with Crippen molar-refractivity contribution in [2.45, 2.75) is 25.7 Å². The zero-order valence-electron chi connectivity index (χ0n) is 10.5. The summed E-state index contributed by atoms with van der Waals surface area (Å²) in [6.07, 6.45) is 2.75. The van der Waals surface area contributed by atoms with E-state index in [0.29, 0.717) is 12.8 Å². The van der Waals surface area contributed by atoms with Crippen LogP contribution in [0.25, 0.3) is 0 Å². The molecule has 0 aromatic carbocycles. The third kappa shape index (κ3) is 5.03. The predicted molar refractivity (Wildman–Crippen MR) is 67.9 cm³/mol. The number of primary sulfonamides is 1. The molecule has 0 saturated heterocycles. The number of hydrogen-bond acceptors (Lipinski definition) is 4. The lowest BCUT2D eigenvalue weighted by Gasteiger charge is -2.23. The molecule has 2 amide bonds. The lowest BCUT2D eigenvalue weighted by Crippen LogP contribution is -2.46. The number of hydrogen-bond donors (Lipinski definition) is 4. The third-order valence-corrected chi connectivity index (χ3v) is 4.05. The van der Waals surface area contributed by atoms with Crippen molar-refractivity contribution in [1.29, 1.82) is 0 Å².